The molecule has 1 aromatic heterocycles. The Morgan fingerprint density at radius 2 is 1.79 bits per heavy atom. The first-order valence-corrected chi connectivity index (χ1v) is 14.5. The number of ether oxygens (including phenoxy) is 1. The summed E-state index contributed by atoms with van der Waals surface area (Å²) < 4.78 is 20.9. The van der Waals surface area contributed by atoms with Crippen molar-refractivity contribution in [3.05, 3.63) is 53.6 Å². The van der Waals surface area contributed by atoms with Crippen LogP contribution in [-0.4, -0.2) is 53.6 Å². The van der Waals surface area contributed by atoms with Crippen LogP contribution in [0.5, 0.6) is 5.75 Å². The molecule has 2 aromatic rings. The molecule has 1 unspecified atom stereocenters. The molecule has 0 N–H and O–H groups in total. The zero-order valence-corrected chi connectivity index (χ0v) is 22.9. The fraction of sp³-hybridized carbons (Fsp3) is 0.581. The molecule has 1 aliphatic carbocycles. The van der Waals surface area contributed by atoms with Crippen LogP contribution < -0.4 is 9.64 Å². The number of aromatic nitrogens is 2. The SMILES string of the molecule is CCc1cnc(N2CCC(COc3ccc(C4=CCC(C(=O)N5CCC(C)CC5)CC4)cc3F)CC2)nc1. The van der Waals surface area contributed by atoms with Crippen molar-refractivity contribution in [3.8, 4) is 5.75 Å². The molecule has 7 heteroatoms. The van der Waals surface area contributed by atoms with Gasteiger partial charge in [-0.3, -0.25) is 4.79 Å². The van der Waals surface area contributed by atoms with E-state index in [9.17, 15) is 9.18 Å². The van der Waals surface area contributed by atoms with Crippen LogP contribution in [0.2, 0.25) is 0 Å². The summed E-state index contributed by atoms with van der Waals surface area (Å²) in [4.78, 5) is 26.2. The van der Waals surface area contributed by atoms with E-state index in [2.05, 4.69) is 39.7 Å². The lowest BCUT2D eigenvalue weighted by Crippen LogP contribution is -2.41. The number of anilines is 1. The van der Waals surface area contributed by atoms with Gasteiger partial charge >= 0.3 is 0 Å². The van der Waals surface area contributed by atoms with E-state index in [0.29, 0.717) is 24.2 Å². The van der Waals surface area contributed by atoms with Crippen molar-refractivity contribution in [1.29, 1.82) is 0 Å². The van der Waals surface area contributed by atoms with E-state index in [1.165, 1.54) is 0 Å². The summed E-state index contributed by atoms with van der Waals surface area (Å²) in [6.45, 7) is 8.43. The molecule has 1 aromatic carbocycles. The number of amides is 1. The molecule has 6 nitrogen and oxygen atoms in total. The highest BCUT2D eigenvalue weighted by atomic mass is 19.1. The Morgan fingerprint density at radius 1 is 1.05 bits per heavy atom. The molecule has 1 amide bonds. The number of piperidine rings is 2. The van der Waals surface area contributed by atoms with Gasteiger partial charge in [0, 0.05) is 44.5 Å². The van der Waals surface area contributed by atoms with Crippen LogP contribution in [0, 0.1) is 23.6 Å². The number of carbonyl (C=O) groups is 1. The molecule has 3 aliphatic rings. The minimum atomic E-state index is -0.314. The number of carbonyl (C=O) groups excluding carboxylic acids is 1. The second-order valence-corrected chi connectivity index (χ2v) is 11.3. The zero-order chi connectivity index (χ0) is 26.5. The van der Waals surface area contributed by atoms with Gasteiger partial charge in [-0.1, -0.05) is 26.0 Å². The number of hydrogen-bond acceptors (Lipinski definition) is 5. The van der Waals surface area contributed by atoms with Gasteiger partial charge < -0.3 is 14.5 Å². The van der Waals surface area contributed by atoms with Gasteiger partial charge in [0.15, 0.2) is 11.6 Å². The zero-order valence-electron chi connectivity index (χ0n) is 22.9. The van der Waals surface area contributed by atoms with Crippen LogP contribution in [0.15, 0.2) is 36.7 Å². The number of benzene rings is 1. The lowest BCUT2D eigenvalue weighted by molar-refractivity contribution is -0.137. The molecule has 3 heterocycles. The molecule has 2 aliphatic heterocycles. The summed E-state index contributed by atoms with van der Waals surface area (Å²) in [5.74, 6) is 2.26. The fourth-order valence-electron chi connectivity index (χ4n) is 5.83. The molecule has 0 bridgehead atoms. The number of allylic oxidation sites excluding steroid dienone is 2. The largest absolute Gasteiger partial charge is 0.490 e. The third kappa shape index (κ3) is 6.36. The average Bonchev–Trinajstić information content (AvgIpc) is 2.97. The summed E-state index contributed by atoms with van der Waals surface area (Å²) in [6, 6.07) is 5.31. The van der Waals surface area contributed by atoms with Crippen molar-refractivity contribution in [2.75, 3.05) is 37.7 Å². The highest BCUT2D eigenvalue weighted by Gasteiger charge is 2.29. The maximum absolute atomic E-state index is 14.9. The van der Waals surface area contributed by atoms with E-state index in [0.717, 1.165) is 106 Å². The number of likely N-dealkylation sites (tertiary alicyclic amines) is 1. The topological polar surface area (TPSA) is 58.6 Å². The van der Waals surface area contributed by atoms with Crippen LogP contribution in [0.4, 0.5) is 10.3 Å². The van der Waals surface area contributed by atoms with Gasteiger partial charge in [0.2, 0.25) is 11.9 Å². The first-order chi connectivity index (χ1) is 18.5. The highest BCUT2D eigenvalue weighted by Crippen LogP contribution is 2.34. The van der Waals surface area contributed by atoms with Crippen LogP contribution in [-0.2, 0) is 11.2 Å². The molecule has 1 atom stereocenters. The van der Waals surface area contributed by atoms with E-state index in [4.69, 9.17) is 4.74 Å². The Bertz CT molecular complexity index is 1120. The third-order valence-corrected chi connectivity index (χ3v) is 8.63. The Hall–Kier alpha value is -2.96. The maximum Gasteiger partial charge on any atom is 0.226 e. The van der Waals surface area contributed by atoms with Gasteiger partial charge in [0.25, 0.3) is 0 Å². The van der Waals surface area contributed by atoms with Crippen molar-refractivity contribution in [3.63, 3.8) is 0 Å². The smallest absolute Gasteiger partial charge is 0.226 e. The Balaban J connectivity index is 1.09. The normalized spacial score (nSPS) is 21.3. The van der Waals surface area contributed by atoms with E-state index < -0.39 is 0 Å². The lowest BCUT2D eigenvalue weighted by atomic mass is 9.85. The first-order valence-electron chi connectivity index (χ1n) is 14.5. The number of rotatable bonds is 7. The summed E-state index contributed by atoms with van der Waals surface area (Å²) >= 11 is 0. The molecule has 0 radical (unpaired) electrons. The minimum absolute atomic E-state index is 0.0632. The predicted octanol–water partition coefficient (Wildman–Crippen LogP) is 5.92. The van der Waals surface area contributed by atoms with Gasteiger partial charge in [-0.25, -0.2) is 14.4 Å². The van der Waals surface area contributed by atoms with Crippen molar-refractivity contribution in [1.82, 2.24) is 14.9 Å². The van der Waals surface area contributed by atoms with Crippen LogP contribution >= 0.6 is 0 Å². The predicted molar refractivity (Wildman–Crippen MR) is 149 cm³/mol. The molecule has 38 heavy (non-hydrogen) atoms. The number of hydrogen-bond donors (Lipinski definition) is 0. The van der Waals surface area contributed by atoms with Crippen LogP contribution in [0.3, 0.4) is 0 Å². The fourth-order valence-corrected chi connectivity index (χ4v) is 5.83. The van der Waals surface area contributed by atoms with Crippen LogP contribution in [0.1, 0.15) is 69.9 Å². The second kappa shape index (κ2) is 12.3. The number of halogens is 1. The van der Waals surface area contributed by atoms with Gasteiger partial charge in [-0.05, 0) is 92.0 Å². The Kier molecular flexibility index (Phi) is 8.60. The number of nitrogens with zero attached hydrogens (tertiary/aromatic N) is 4. The quantitative estimate of drug-likeness (QED) is 0.454. The average molecular weight is 521 g/mol. The first kappa shape index (κ1) is 26.6. The minimum Gasteiger partial charge on any atom is -0.490 e. The summed E-state index contributed by atoms with van der Waals surface area (Å²) in [7, 11) is 0. The molecular weight excluding hydrogens is 479 g/mol. The van der Waals surface area contributed by atoms with Gasteiger partial charge in [-0.2, -0.15) is 0 Å². The van der Waals surface area contributed by atoms with Gasteiger partial charge in [0.1, 0.15) is 0 Å². The molecular formula is C31H41FN4O2. The van der Waals surface area contributed by atoms with Crippen molar-refractivity contribution in [2.45, 2.75) is 65.2 Å². The second-order valence-electron chi connectivity index (χ2n) is 11.3. The lowest BCUT2D eigenvalue weighted by Gasteiger charge is -2.34. The molecule has 2 fully saturated rings. The van der Waals surface area contributed by atoms with E-state index in [-0.39, 0.29) is 11.7 Å². The molecule has 0 spiro atoms. The maximum atomic E-state index is 14.9. The standard InChI is InChI=1S/C31H41FN4O2/c1-3-23-19-33-31(34-20-23)36-16-12-24(13-17-36)21-38-29-9-8-27(18-28(29)32)25-4-6-26(7-5-25)30(37)35-14-10-22(2)11-15-35/h4,8-9,18-20,22,24,26H,3,5-7,10-17,21H2,1-2H3. The Morgan fingerprint density at radius 3 is 2.42 bits per heavy atom. The van der Waals surface area contributed by atoms with Crippen LogP contribution in [0.25, 0.3) is 5.57 Å². The highest BCUT2D eigenvalue weighted by molar-refractivity contribution is 5.81. The summed E-state index contributed by atoms with van der Waals surface area (Å²) in [6.07, 6.45) is 13.4. The molecule has 2 saturated heterocycles. The molecule has 5 rings (SSSR count). The summed E-state index contributed by atoms with van der Waals surface area (Å²) in [5, 5.41) is 0. The molecule has 0 saturated carbocycles. The van der Waals surface area contributed by atoms with E-state index in [1.54, 1.807) is 12.1 Å². The van der Waals surface area contributed by atoms with Gasteiger partial charge in [-0.15, -0.1) is 0 Å². The molecule has 204 valence electrons. The number of aryl methyl sites for hydroxylation is 1. The Labute approximate surface area is 226 Å². The van der Waals surface area contributed by atoms with Gasteiger partial charge in [0.05, 0.1) is 6.61 Å². The van der Waals surface area contributed by atoms with Crippen molar-refractivity contribution >= 4 is 17.4 Å². The van der Waals surface area contributed by atoms with E-state index in [1.807, 2.05) is 18.5 Å². The van der Waals surface area contributed by atoms with Crippen molar-refractivity contribution < 1.29 is 13.9 Å². The van der Waals surface area contributed by atoms with Crippen molar-refractivity contribution in [2.24, 2.45) is 17.8 Å². The monoisotopic (exact) mass is 520 g/mol. The third-order valence-electron chi connectivity index (χ3n) is 8.63. The summed E-state index contributed by atoms with van der Waals surface area (Å²) in [5.41, 5.74) is 3.18. The van der Waals surface area contributed by atoms with E-state index >= 15 is 0 Å².